The Bertz CT molecular complexity index is 1450. The van der Waals surface area contributed by atoms with Crippen molar-refractivity contribution in [3.05, 3.63) is 88.4 Å². The molecule has 2 atom stereocenters. The summed E-state index contributed by atoms with van der Waals surface area (Å²) in [7, 11) is -4.19. The normalized spacial score (nSPS) is 12.7. The van der Waals surface area contributed by atoms with Gasteiger partial charge in [-0.15, -0.1) is 0 Å². The summed E-state index contributed by atoms with van der Waals surface area (Å²) < 4.78 is 34.4. The number of para-hydroxylation sites is 1. The van der Waals surface area contributed by atoms with Gasteiger partial charge in [-0.1, -0.05) is 61.3 Å². The van der Waals surface area contributed by atoms with E-state index in [1.807, 2.05) is 20.8 Å². The Hall–Kier alpha value is -3.27. The summed E-state index contributed by atoms with van der Waals surface area (Å²) >= 11 is 12.6. The van der Waals surface area contributed by atoms with Crippen LogP contribution in [0.15, 0.2) is 77.7 Å². The van der Waals surface area contributed by atoms with Gasteiger partial charge in [-0.05, 0) is 80.8 Å². The van der Waals surface area contributed by atoms with Crippen molar-refractivity contribution in [2.75, 3.05) is 17.5 Å². The molecule has 3 rings (SSSR count). The highest BCUT2D eigenvalue weighted by Gasteiger charge is 2.34. The number of halogens is 2. The fraction of sp³-hybridized carbons (Fsp3) is 0.355. The van der Waals surface area contributed by atoms with Crippen LogP contribution in [0, 0.1) is 0 Å². The number of hydrogen-bond donors (Lipinski definition) is 1. The Morgan fingerprint density at radius 1 is 0.929 bits per heavy atom. The quantitative estimate of drug-likeness (QED) is 0.224. The molecule has 0 aliphatic rings. The first kappa shape index (κ1) is 33.2. The van der Waals surface area contributed by atoms with E-state index in [-0.39, 0.29) is 23.4 Å². The molecule has 3 aromatic carbocycles. The molecule has 0 fully saturated rings. The highest BCUT2D eigenvalue weighted by atomic mass is 35.5. The summed E-state index contributed by atoms with van der Waals surface area (Å²) in [5.41, 5.74) is 0.881. The number of hydrogen-bond acceptors (Lipinski definition) is 5. The number of nitrogens with zero attached hydrogens (tertiary/aromatic N) is 2. The molecular weight excluding hydrogens is 597 g/mol. The van der Waals surface area contributed by atoms with Gasteiger partial charge in [0, 0.05) is 22.6 Å². The summed E-state index contributed by atoms with van der Waals surface area (Å²) in [5, 5.41) is 3.71. The number of benzene rings is 3. The van der Waals surface area contributed by atoms with Crippen molar-refractivity contribution < 1.29 is 22.7 Å². The van der Waals surface area contributed by atoms with E-state index in [1.165, 1.54) is 17.0 Å². The van der Waals surface area contributed by atoms with E-state index in [2.05, 4.69) is 5.32 Å². The number of sulfonamides is 1. The molecule has 0 spiro atoms. The maximum absolute atomic E-state index is 14.1. The van der Waals surface area contributed by atoms with Crippen molar-refractivity contribution in [2.45, 2.75) is 64.1 Å². The monoisotopic (exact) mass is 633 g/mol. The number of ether oxygens (including phenoxy) is 1. The van der Waals surface area contributed by atoms with Crippen LogP contribution in [0.4, 0.5) is 5.69 Å². The number of nitrogens with one attached hydrogen (secondary N) is 1. The predicted molar refractivity (Wildman–Crippen MR) is 168 cm³/mol. The molecule has 0 unspecified atom stereocenters. The van der Waals surface area contributed by atoms with Crippen LogP contribution >= 0.6 is 23.2 Å². The molecule has 0 saturated heterocycles. The predicted octanol–water partition coefficient (Wildman–Crippen LogP) is 6.31. The molecule has 0 aliphatic carbocycles. The van der Waals surface area contributed by atoms with E-state index in [0.717, 1.165) is 4.31 Å². The van der Waals surface area contributed by atoms with Crippen LogP contribution in [0.3, 0.4) is 0 Å². The maximum atomic E-state index is 14.1. The van der Waals surface area contributed by atoms with E-state index in [1.54, 1.807) is 67.6 Å². The Morgan fingerprint density at radius 3 is 2.17 bits per heavy atom. The van der Waals surface area contributed by atoms with Gasteiger partial charge in [0.25, 0.3) is 10.0 Å². The molecule has 3 aromatic rings. The average Bonchev–Trinajstić information content (AvgIpc) is 2.97. The summed E-state index contributed by atoms with van der Waals surface area (Å²) in [6, 6.07) is 18.3. The van der Waals surface area contributed by atoms with Gasteiger partial charge in [0.2, 0.25) is 11.8 Å². The average molecular weight is 635 g/mol. The first-order valence-corrected chi connectivity index (χ1v) is 16.1. The molecular formula is C31H37Cl2N3O5S. The van der Waals surface area contributed by atoms with Gasteiger partial charge in [0.05, 0.1) is 17.2 Å². The Labute approximate surface area is 258 Å². The van der Waals surface area contributed by atoms with Crippen LogP contribution in [0.2, 0.25) is 10.0 Å². The van der Waals surface area contributed by atoms with Crippen molar-refractivity contribution >= 4 is 50.7 Å². The van der Waals surface area contributed by atoms with E-state index in [0.29, 0.717) is 46.5 Å². The van der Waals surface area contributed by atoms with Crippen LogP contribution < -0.4 is 14.4 Å². The molecule has 0 bridgehead atoms. The molecule has 0 saturated carbocycles. The third-order valence-corrected chi connectivity index (χ3v) is 9.16. The van der Waals surface area contributed by atoms with E-state index < -0.39 is 28.5 Å². The van der Waals surface area contributed by atoms with Gasteiger partial charge in [-0.2, -0.15) is 0 Å². The van der Waals surface area contributed by atoms with Crippen LogP contribution in [-0.2, 0) is 26.2 Å². The second-order valence-electron chi connectivity index (χ2n) is 9.75. The van der Waals surface area contributed by atoms with Gasteiger partial charge in [-0.3, -0.25) is 13.9 Å². The molecule has 1 N–H and O–H groups in total. The van der Waals surface area contributed by atoms with Crippen LogP contribution in [0.5, 0.6) is 5.75 Å². The molecule has 0 aromatic heterocycles. The second-order valence-corrected chi connectivity index (χ2v) is 12.5. The van der Waals surface area contributed by atoms with Crippen LogP contribution in [-0.4, -0.2) is 50.4 Å². The molecule has 11 heteroatoms. The van der Waals surface area contributed by atoms with Gasteiger partial charge >= 0.3 is 0 Å². The summed E-state index contributed by atoms with van der Waals surface area (Å²) in [6.07, 6.45) is 1.01. The van der Waals surface area contributed by atoms with Crippen molar-refractivity contribution in [1.29, 1.82) is 0 Å². The Balaban J connectivity index is 2.05. The minimum atomic E-state index is -4.19. The smallest absolute Gasteiger partial charge is 0.264 e. The third-order valence-electron chi connectivity index (χ3n) is 6.79. The van der Waals surface area contributed by atoms with E-state index in [4.69, 9.17) is 27.9 Å². The molecule has 0 radical (unpaired) electrons. The number of rotatable bonds is 14. The second kappa shape index (κ2) is 15.3. The van der Waals surface area contributed by atoms with Crippen molar-refractivity contribution in [3.63, 3.8) is 0 Å². The zero-order chi connectivity index (χ0) is 30.9. The summed E-state index contributed by atoms with van der Waals surface area (Å²) in [6.45, 7) is 7.34. The van der Waals surface area contributed by atoms with Gasteiger partial charge < -0.3 is 15.0 Å². The fourth-order valence-electron chi connectivity index (χ4n) is 4.32. The molecule has 8 nitrogen and oxygen atoms in total. The van der Waals surface area contributed by atoms with Gasteiger partial charge in [-0.25, -0.2) is 8.42 Å². The Morgan fingerprint density at radius 2 is 1.60 bits per heavy atom. The standard InChI is InChI=1S/C31H37Cl2N3O5S/c1-5-22(4)34-31(38)29(6-2)35(20-23-13-14-24(32)19-28(23)33)30(37)21-36(25-11-9-8-10-12-25)42(39,40)27-17-15-26(16-18-27)41-7-3/h8-19,22,29H,5-7,20-21H2,1-4H3,(H,34,38)/t22-,29-/m1/s1. The minimum absolute atomic E-state index is 0.00328. The lowest BCUT2D eigenvalue weighted by Crippen LogP contribution is -2.53. The molecule has 2 amide bonds. The topological polar surface area (TPSA) is 96.0 Å². The lowest BCUT2D eigenvalue weighted by molar-refractivity contribution is -0.140. The summed E-state index contributed by atoms with van der Waals surface area (Å²) in [5.74, 6) is -0.362. The zero-order valence-electron chi connectivity index (χ0n) is 24.2. The molecule has 0 heterocycles. The minimum Gasteiger partial charge on any atom is -0.494 e. The SMILES string of the molecule is CCOc1ccc(S(=O)(=O)N(CC(=O)N(Cc2ccc(Cl)cc2Cl)[C@H](CC)C(=O)N[C@H](C)CC)c2ccccc2)cc1. The van der Waals surface area contributed by atoms with Crippen molar-refractivity contribution in [1.82, 2.24) is 10.2 Å². The first-order chi connectivity index (χ1) is 20.0. The fourth-order valence-corrected chi connectivity index (χ4v) is 6.20. The number of anilines is 1. The maximum Gasteiger partial charge on any atom is 0.264 e. The van der Waals surface area contributed by atoms with Crippen LogP contribution in [0.1, 0.15) is 46.1 Å². The third kappa shape index (κ3) is 8.40. The highest BCUT2D eigenvalue weighted by molar-refractivity contribution is 7.92. The lowest BCUT2D eigenvalue weighted by atomic mass is 10.1. The van der Waals surface area contributed by atoms with Crippen molar-refractivity contribution in [3.8, 4) is 5.75 Å². The summed E-state index contributed by atoms with van der Waals surface area (Å²) in [4.78, 5) is 28.9. The van der Waals surface area contributed by atoms with Crippen LogP contribution in [0.25, 0.3) is 0 Å². The number of amides is 2. The number of carbonyl (C=O) groups is 2. The largest absolute Gasteiger partial charge is 0.494 e. The zero-order valence-corrected chi connectivity index (χ0v) is 26.5. The molecule has 0 aliphatic heterocycles. The van der Waals surface area contributed by atoms with Crippen molar-refractivity contribution in [2.24, 2.45) is 0 Å². The molecule has 42 heavy (non-hydrogen) atoms. The lowest BCUT2D eigenvalue weighted by Gasteiger charge is -2.34. The first-order valence-electron chi connectivity index (χ1n) is 13.9. The van der Waals surface area contributed by atoms with E-state index >= 15 is 0 Å². The number of carbonyl (C=O) groups excluding carboxylic acids is 2. The van der Waals surface area contributed by atoms with Gasteiger partial charge in [0.15, 0.2) is 0 Å². The molecule has 226 valence electrons. The van der Waals surface area contributed by atoms with Gasteiger partial charge in [0.1, 0.15) is 18.3 Å². The van der Waals surface area contributed by atoms with E-state index in [9.17, 15) is 18.0 Å². The highest BCUT2D eigenvalue weighted by Crippen LogP contribution is 2.27. The Kier molecular flexibility index (Phi) is 12.1.